The largest absolute Gasteiger partial charge is 0.397 e. The van der Waals surface area contributed by atoms with Crippen molar-refractivity contribution in [2.45, 2.75) is 6.54 Å². The SMILES string of the molecule is Nc1cc(F)c(Cl)cc1N(CCO)Cc1ccccc1. The van der Waals surface area contributed by atoms with Crippen molar-refractivity contribution in [2.75, 3.05) is 23.8 Å². The summed E-state index contributed by atoms with van der Waals surface area (Å²) >= 11 is 5.81. The molecule has 0 radical (unpaired) electrons. The monoisotopic (exact) mass is 294 g/mol. The van der Waals surface area contributed by atoms with E-state index >= 15 is 0 Å². The number of hydrogen-bond donors (Lipinski definition) is 2. The van der Waals surface area contributed by atoms with Gasteiger partial charge in [0.15, 0.2) is 0 Å². The summed E-state index contributed by atoms with van der Waals surface area (Å²) in [6.45, 7) is 0.926. The van der Waals surface area contributed by atoms with Gasteiger partial charge in [0.1, 0.15) is 5.82 Å². The zero-order chi connectivity index (χ0) is 14.5. The molecule has 0 spiro atoms. The smallest absolute Gasteiger partial charge is 0.143 e. The number of anilines is 2. The maximum absolute atomic E-state index is 13.4. The van der Waals surface area contributed by atoms with E-state index in [4.69, 9.17) is 17.3 Å². The molecule has 0 aliphatic rings. The first-order valence-corrected chi connectivity index (χ1v) is 6.64. The zero-order valence-corrected chi connectivity index (χ0v) is 11.6. The molecule has 2 aromatic rings. The molecule has 0 saturated heterocycles. The average molecular weight is 295 g/mol. The number of nitrogens with zero attached hydrogens (tertiary/aromatic N) is 1. The minimum absolute atomic E-state index is 0.0187. The molecule has 5 heteroatoms. The second-order valence-electron chi connectivity index (χ2n) is 4.46. The Morgan fingerprint density at radius 2 is 1.90 bits per heavy atom. The van der Waals surface area contributed by atoms with Crippen molar-refractivity contribution in [1.82, 2.24) is 0 Å². The molecule has 0 saturated carbocycles. The Morgan fingerprint density at radius 3 is 2.55 bits per heavy atom. The maximum Gasteiger partial charge on any atom is 0.143 e. The third-order valence-electron chi connectivity index (χ3n) is 3.00. The molecular weight excluding hydrogens is 279 g/mol. The molecule has 20 heavy (non-hydrogen) atoms. The lowest BCUT2D eigenvalue weighted by Gasteiger charge is -2.26. The van der Waals surface area contributed by atoms with Crippen molar-refractivity contribution in [3.63, 3.8) is 0 Å². The summed E-state index contributed by atoms with van der Waals surface area (Å²) in [6, 6.07) is 12.5. The van der Waals surface area contributed by atoms with E-state index in [-0.39, 0.29) is 11.6 Å². The lowest BCUT2D eigenvalue weighted by atomic mass is 10.1. The fraction of sp³-hybridized carbons (Fsp3) is 0.200. The first kappa shape index (κ1) is 14.6. The number of aliphatic hydroxyl groups is 1. The van der Waals surface area contributed by atoms with Crippen LogP contribution in [-0.2, 0) is 6.54 Å². The van der Waals surface area contributed by atoms with E-state index in [2.05, 4.69) is 0 Å². The van der Waals surface area contributed by atoms with Gasteiger partial charge >= 0.3 is 0 Å². The van der Waals surface area contributed by atoms with E-state index < -0.39 is 5.82 Å². The Morgan fingerprint density at radius 1 is 1.20 bits per heavy atom. The normalized spacial score (nSPS) is 10.6. The number of rotatable bonds is 5. The molecule has 0 unspecified atom stereocenters. The number of nitrogens with two attached hydrogens (primary N) is 1. The van der Waals surface area contributed by atoms with Crippen LogP contribution in [0.3, 0.4) is 0 Å². The molecule has 0 aliphatic heterocycles. The van der Waals surface area contributed by atoms with Crippen LogP contribution in [0.4, 0.5) is 15.8 Å². The topological polar surface area (TPSA) is 49.5 Å². The van der Waals surface area contributed by atoms with Crippen LogP contribution >= 0.6 is 11.6 Å². The Balaban J connectivity index is 2.31. The van der Waals surface area contributed by atoms with Gasteiger partial charge in [0, 0.05) is 19.2 Å². The van der Waals surface area contributed by atoms with E-state index in [1.807, 2.05) is 35.2 Å². The van der Waals surface area contributed by atoms with Crippen molar-refractivity contribution in [1.29, 1.82) is 0 Å². The van der Waals surface area contributed by atoms with E-state index in [0.717, 1.165) is 5.56 Å². The Hall–Kier alpha value is -1.78. The molecule has 0 fully saturated rings. The average Bonchev–Trinajstić information content (AvgIpc) is 2.44. The molecule has 0 aromatic heterocycles. The van der Waals surface area contributed by atoms with Gasteiger partial charge in [-0.3, -0.25) is 0 Å². The second-order valence-corrected chi connectivity index (χ2v) is 4.86. The Labute approximate surface area is 122 Å². The van der Waals surface area contributed by atoms with Gasteiger partial charge in [-0.1, -0.05) is 41.9 Å². The summed E-state index contributed by atoms with van der Waals surface area (Å²) in [5, 5.41) is 9.22. The molecule has 0 heterocycles. The van der Waals surface area contributed by atoms with Crippen LogP contribution in [0.15, 0.2) is 42.5 Å². The summed E-state index contributed by atoms with van der Waals surface area (Å²) in [5.41, 5.74) is 7.85. The van der Waals surface area contributed by atoms with Gasteiger partial charge in [-0.05, 0) is 11.6 Å². The number of nitrogen functional groups attached to an aromatic ring is 1. The first-order valence-electron chi connectivity index (χ1n) is 6.26. The van der Waals surface area contributed by atoms with Crippen molar-refractivity contribution < 1.29 is 9.50 Å². The predicted octanol–water partition coefficient (Wildman–Crippen LogP) is 3.06. The highest BCUT2D eigenvalue weighted by Gasteiger charge is 2.13. The quantitative estimate of drug-likeness (QED) is 0.833. The van der Waals surface area contributed by atoms with Crippen LogP contribution in [-0.4, -0.2) is 18.3 Å². The molecule has 0 atom stereocenters. The Bertz CT molecular complexity index is 578. The van der Waals surface area contributed by atoms with Crippen molar-refractivity contribution in [3.8, 4) is 0 Å². The number of benzene rings is 2. The fourth-order valence-electron chi connectivity index (χ4n) is 2.03. The summed E-state index contributed by atoms with van der Waals surface area (Å²) < 4.78 is 13.4. The molecule has 3 nitrogen and oxygen atoms in total. The van der Waals surface area contributed by atoms with Crippen molar-refractivity contribution in [3.05, 3.63) is 58.9 Å². The Kier molecular flexibility index (Phi) is 4.82. The first-order chi connectivity index (χ1) is 9.61. The molecule has 0 bridgehead atoms. The van der Waals surface area contributed by atoms with Gasteiger partial charge < -0.3 is 15.7 Å². The molecule has 0 amide bonds. The maximum atomic E-state index is 13.4. The van der Waals surface area contributed by atoms with Gasteiger partial charge in [-0.15, -0.1) is 0 Å². The fourth-order valence-corrected chi connectivity index (χ4v) is 2.19. The van der Waals surface area contributed by atoms with Gasteiger partial charge in [-0.25, -0.2) is 4.39 Å². The minimum atomic E-state index is -0.545. The highest BCUT2D eigenvalue weighted by molar-refractivity contribution is 6.31. The van der Waals surface area contributed by atoms with Crippen LogP contribution in [0.25, 0.3) is 0 Å². The van der Waals surface area contributed by atoms with Gasteiger partial charge in [0.25, 0.3) is 0 Å². The van der Waals surface area contributed by atoms with Crippen molar-refractivity contribution in [2.24, 2.45) is 0 Å². The molecular formula is C15H16ClFN2O. The van der Waals surface area contributed by atoms with E-state index in [0.29, 0.717) is 24.5 Å². The summed E-state index contributed by atoms with van der Waals surface area (Å²) in [5.74, 6) is -0.545. The predicted molar refractivity (Wildman–Crippen MR) is 80.4 cm³/mol. The van der Waals surface area contributed by atoms with Crippen LogP contribution in [0.2, 0.25) is 5.02 Å². The molecule has 2 aromatic carbocycles. The third-order valence-corrected chi connectivity index (χ3v) is 3.29. The van der Waals surface area contributed by atoms with Gasteiger partial charge in [0.2, 0.25) is 0 Å². The summed E-state index contributed by atoms with van der Waals surface area (Å²) in [6.07, 6.45) is 0. The second kappa shape index (κ2) is 6.59. The number of halogens is 2. The summed E-state index contributed by atoms with van der Waals surface area (Å²) in [4.78, 5) is 1.87. The highest BCUT2D eigenvalue weighted by atomic mass is 35.5. The standard InChI is InChI=1S/C15H16ClFN2O/c16-12-8-15(14(18)9-13(12)17)19(6-7-20)10-11-4-2-1-3-5-11/h1-5,8-9,20H,6-7,10,18H2. The summed E-state index contributed by atoms with van der Waals surface area (Å²) in [7, 11) is 0. The lowest BCUT2D eigenvalue weighted by molar-refractivity contribution is 0.301. The van der Waals surface area contributed by atoms with Crippen LogP contribution < -0.4 is 10.6 Å². The molecule has 3 N–H and O–H groups in total. The highest BCUT2D eigenvalue weighted by Crippen LogP contribution is 2.30. The number of hydrogen-bond acceptors (Lipinski definition) is 3. The van der Waals surface area contributed by atoms with Gasteiger partial charge in [0.05, 0.1) is 23.0 Å². The zero-order valence-electron chi connectivity index (χ0n) is 10.9. The van der Waals surface area contributed by atoms with E-state index in [1.54, 1.807) is 0 Å². The molecule has 0 aliphatic carbocycles. The molecule has 106 valence electrons. The lowest BCUT2D eigenvalue weighted by Crippen LogP contribution is -2.27. The van der Waals surface area contributed by atoms with Crippen LogP contribution in [0.5, 0.6) is 0 Å². The minimum Gasteiger partial charge on any atom is -0.397 e. The molecule has 2 rings (SSSR count). The number of aliphatic hydroxyl groups excluding tert-OH is 1. The van der Waals surface area contributed by atoms with Crippen molar-refractivity contribution >= 4 is 23.0 Å². The van der Waals surface area contributed by atoms with E-state index in [1.165, 1.54) is 12.1 Å². The van der Waals surface area contributed by atoms with Gasteiger partial charge in [-0.2, -0.15) is 0 Å². The van der Waals surface area contributed by atoms with Crippen LogP contribution in [0, 0.1) is 5.82 Å². The van der Waals surface area contributed by atoms with E-state index in [9.17, 15) is 9.50 Å². The third kappa shape index (κ3) is 3.40. The van der Waals surface area contributed by atoms with Crippen LogP contribution in [0.1, 0.15) is 5.56 Å².